The van der Waals surface area contributed by atoms with Gasteiger partial charge in [-0.15, -0.1) is 0 Å². The number of pyridine rings is 2. The van der Waals surface area contributed by atoms with Crippen molar-refractivity contribution in [3.05, 3.63) is 145 Å². The molecule has 0 spiro atoms. The molecule has 0 aliphatic carbocycles. The fourth-order valence-electron chi connectivity index (χ4n) is 5.52. The molecule has 2 nitrogen and oxygen atoms in total. The third kappa shape index (κ3) is 4.44. The predicted molar refractivity (Wildman–Crippen MR) is 168 cm³/mol. The summed E-state index contributed by atoms with van der Waals surface area (Å²) >= 11 is 0. The topological polar surface area (TPSA) is 25.8 Å². The molecule has 0 aliphatic rings. The highest BCUT2D eigenvalue weighted by Gasteiger charge is 2.13. The van der Waals surface area contributed by atoms with Gasteiger partial charge in [0.15, 0.2) is 0 Å². The quantitative estimate of drug-likeness (QED) is 0.234. The molecule has 190 valence electrons. The molecule has 7 aromatic rings. The van der Waals surface area contributed by atoms with E-state index in [4.69, 9.17) is 9.97 Å². The van der Waals surface area contributed by atoms with Crippen LogP contribution in [0, 0.1) is 13.8 Å². The summed E-state index contributed by atoms with van der Waals surface area (Å²) in [4.78, 5) is 10.3. The van der Waals surface area contributed by atoms with Gasteiger partial charge in [-0.1, -0.05) is 103 Å². The van der Waals surface area contributed by atoms with E-state index in [9.17, 15) is 0 Å². The van der Waals surface area contributed by atoms with Crippen LogP contribution in [0.25, 0.3) is 66.6 Å². The second-order valence-electron chi connectivity index (χ2n) is 10.5. The number of nitrogens with zero attached hydrogens (tertiary/aromatic N) is 2. The molecular formula is C38H28N2. The molecule has 2 heterocycles. The maximum atomic E-state index is 5.13. The number of hydrogen-bond acceptors (Lipinski definition) is 2. The summed E-state index contributed by atoms with van der Waals surface area (Å²) in [6.45, 7) is 4.24. The average Bonchev–Trinajstić information content (AvgIpc) is 3.00. The van der Waals surface area contributed by atoms with Crippen molar-refractivity contribution in [2.24, 2.45) is 0 Å². The first kappa shape index (κ1) is 24.0. The molecule has 0 saturated heterocycles. The fraction of sp³-hybridized carbons (Fsp3) is 0.0526. The van der Waals surface area contributed by atoms with Crippen LogP contribution in [0.5, 0.6) is 0 Å². The number of hydrogen-bond donors (Lipinski definition) is 0. The van der Waals surface area contributed by atoms with Gasteiger partial charge in [0.1, 0.15) is 0 Å². The maximum absolute atomic E-state index is 5.13. The minimum absolute atomic E-state index is 0.957. The highest BCUT2D eigenvalue weighted by Crippen LogP contribution is 2.36. The Morgan fingerprint density at radius 3 is 1.25 bits per heavy atom. The molecule has 5 aromatic carbocycles. The van der Waals surface area contributed by atoms with Crippen molar-refractivity contribution in [1.82, 2.24) is 9.97 Å². The first-order valence-corrected chi connectivity index (χ1v) is 13.7. The van der Waals surface area contributed by atoms with Crippen molar-refractivity contribution in [3.8, 4) is 44.8 Å². The summed E-state index contributed by atoms with van der Waals surface area (Å²) < 4.78 is 0. The molecule has 0 atom stereocenters. The van der Waals surface area contributed by atoms with Crippen LogP contribution >= 0.6 is 0 Å². The van der Waals surface area contributed by atoms with Gasteiger partial charge in [-0.25, -0.2) is 9.97 Å². The molecule has 0 N–H and O–H groups in total. The van der Waals surface area contributed by atoms with E-state index in [0.717, 1.165) is 44.3 Å². The molecule has 0 radical (unpaired) electrons. The van der Waals surface area contributed by atoms with Crippen LogP contribution in [0.1, 0.15) is 11.1 Å². The van der Waals surface area contributed by atoms with Crippen LogP contribution in [-0.4, -0.2) is 9.97 Å². The zero-order valence-electron chi connectivity index (χ0n) is 22.6. The zero-order valence-corrected chi connectivity index (χ0v) is 22.6. The zero-order chi connectivity index (χ0) is 27.1. The predicted octanol–water partition coefficient (Wildman–Crippen LogP) is 10.1. The normalized spacial score (nSPS) is 11.2. The van der Waals surface area contributed by atoms with E-state index in [2.05, 4.69) is 147 Å². The van der Waals surface area contributed by atoms with Crippen LogP contribution in [0.15, 0.2) is 133 Å². The van der Waals surface area contributed by atoms with Gasteiger partial charge in [0.2, 0.25) is 0 Å². The monoisotopic (exact) mass is 512 g/mol. The minimum atomic E-state index is 0.957. The van der Waals surface area contributed by atoms with Crippen molar-refractivity contribution in [2.45, 2.75) is 13.8 Å². The summed E-state index contributed by atoms with van der Waals surface area (Å²) in [6, 6.07) is 47.3. The molecule has 0 unspecified atom stereocenters. The Labute approximate surface area is 234 Å². The summed E-state index contributed by atoms with van der Waals surface area (Å²) in [5.74, 6) is 0. The van der Waals surface area contributed by atoms with Gasteiger partial charge < -0.3 is 0 Å². The summed E-state index contributed by atoms with van der Waals surface area (Å²) in [5, 5.41) is 2.33. The van der Waals surface area contributed by atoms with Crippen molar-refractivity contribution < 1.29 is 0 Å². The van der Waals surface area contributed by atoms with E-state index in [0.29, 0.717) is 0 Å². The average molecular weight is 513 g/mol. The Morgan fingerprint density at radius 1 is 0.375 bits per heavy atom. The molecule has 2 aromatic heterocycles. The Hall–Kier alpha value is -5.08. The van der Waals surface area contributed by atoms with Gasteiger partial charge in [0.05, 0.1) is 22.4 Å². The van der Waals surface area contributed by atoms with Crippen LogP contribution in [-0.2, 0) is 0 Å². The van der Waals surface area contributed by atoms with Crippen molar-refractivity contribution >= 4 is 21.8 Å². The third-order valence-electron chi connectivity index (χ3n) is 7.55. The second kappa shape index (κ2) is 9.91. The molecule has 7 rings (SSSR count). The van der Waals surface area contributed by atoms with Gasteiger partial charge in [-0.2, -0.15) is 0 Å². The third-order valence-corrected chi connectivity index (χ3v) is 7.55. The first-order chi connectivity index (χ1) is 19.6. The molecule has 0 saturated carbocycles. The number of rotatable bonds is 4. The Morgan fingerprint density at radius 2 is 0.800 bits per heavy atom. The molecule has 0 amide bonds. The standard InChI is InChI=1S/C38H28N2/c1-25-16-18-31-33(27-10-5-3-6-11-27)23-35(39-37(31)20-25)29-14-9-15-30(22-29)36-24-34(28-12-7-4-8-13-28)32-19-17-26(2)21-38(32)40-36/h3-24H,1-2H3. The minimum Gasteiger partial charge on any atom is -0.248 e. The Bertz CT molecular complexity index is 1860. The van der Waals surface area contributed by atoms with E-state index in [1.807, 2.05) is 0 Å². The van der Waals surface area contributed by atoms with E-state index in [1.165, 1.54) is 33.4 Å². The maximum Gasteiger partial charge on any atom is 0.0718 e. The van der Waals surface area contributed by atoms with Crippen LogP contribution in [0.3, 0.4) is 0 Å². The van der Waals surface area contributed by atoms with E-state index in [-0.39, 0.29) is 0 Å². The molecule has 0 aliphatic heterocycles. The van der Waals surface area contributed by atoms with Gasteiger partial charge in [-0.3, -0.25) is 0 Å². The molecule has 40 heavy (non-hydrogen) atoms. The lowest BCUT2D eigenvalue weighted by molar-refractivity contribution is 1.36. The number of fused-ring (bicyclic) bond motifs is 2. The van der Waals surface area contributed by atoms with E-state index >= 15 is 0 Å². The van der Waals surface area contributed by atoms with E-state index in [1.54, 1.807) is 0 Å². The van der Waals surface area contributed by atoms with Gasteiger partial charge in [-0.05, 0) is 77.6 Å². The summed E-state index contributed by atoms with van der Waals surface area (Å²) in [6.07, 6.45) is 0. The smallest absolute Gasteiger partial charge is 0.0718 e. The van der Waals surface area contributed by atoms with E-state index < -0.39 is 0 Å². The molecule has 0 bridgehead atoms. The van der Waals surface area contributed by atoms with Crippen molar-refractivity contribution in [3.63, 3.8) is 0 Å². The molecule has 0 fully saturated rings. The molecule has 2 heteroatoms. The SMILES string of the molecule is Cc1ccc2c(-c3ccccc3)cc(-c3cccc(-c4cc(-c5ccccc5)c5ccc(C)cc5n4)c3)nc2c1. The van der Waals surface area contributed by atoms with Crippen LogP contribution in [0.2, 0.25) is 0 Å². The Balaban J connectivity index is 1.41. The van der Waals surface area contributed by atoms with Crippen LogP contribution in [0.4, 0.5) is 0 Å². The summed E-state index contributed by atoms with van der Waals surface area (Å²) in [7, 11) is 0. The number of benzene rings is 5. The Kier molecular flexibility index (Phi) is 5.94. The fourth-order valence-corrected chi connectivity index (χ4v) is 5.52. The first-order valence-electron chi connectivity index (χ1n) is 13.7. The lowest BCUT2D eigenvalue weighted by Gasteiger charge is -2.13. The number of aromatic nitrogens is 2. The van der Waals surface area contributed by atoms with Crippen LogP contribution < -0.4 is 0 Å². The van der Waals surface area contributed by atoms with Gasteiger partial charge in [0, 0.05) is 21.9 Å². The highest BCUT2D eigenvalue weighted by atomic mass is 14.7. The number of aryl methyl sites for hydroxylation is 2. The van der Waals surface area contributed by atoms with Gasteiger partial charge in [0.25, 0.3) is 0 Å². The van der Waals surface area contributed by atoms with Crippen molar-refractivity contribution in [2.75, 3.05) is 0 Å². The van der Waals surface area contributed by atoms with Gasteiger partial charge >= 0.3 is 0 Å². The summed E-state index contributed by atoms with van der Waals surface area (Å²) in [5.41, 5.74) is 13.2. The highest BCUT2D eigenvalue weighted by molar-refractivity contribution is 5.98. The lowest BCUT2D eigenvalue weighted by Crippen LogP contribution is -1.93. The second-order valence-corrected chi connectivity index (χ2v) is 10.5. The lowest BCUT2D eigenvalue weighted by atomic mass is 9.95. The van der Waals surface area contributed by atoms with Crippen molar-refractivity contribution in [1.29, 1.82) is 0 Å². The largest absolute Gasteiger partial charge is 0.248 e. The molecular weight excluding hydrogens is 484 g/mol.